The number of halogens is 1. The molecule has 0 saturated heterocycles. The molecule has 5 heteroatoms. The van der Waals surface area contributed by atoms with Gasteiger partial charge in [-0.3, -0.25) is 4.79 Å². The predicted molar refractivity (Wildman–Crippen MR) is 89.6 cm³/mol. The number of para-hydroxylation sites is 1. The first kappa shape index (κ1) is 14.7. The van der Waals surface area contributed by atoms with Crippen molar-refractivity contribution in [2.24, 2.45) is 0 Å². The fourth-order valence-electron chi connectivity index (χ4n) is 2.21. The Morgan fingerprint density at radius 1 is 1.09 bits per heavy atom. The van der Waals surface area contributed by atoms with E-state index in [1.807, 2.05) is 48.5 Å². The number of rotatable bonds is 4. The highest BCUT2D eigenvalue weighted by Gasteiger charge is 2.11. The van der Waals surface area contributed by atoms with E-state index in [9.17, 15) is 4.79 Å². The van der Waals surface area contributed by atoms with Crippen LogP contribution in [-0.4, -0.2) is 12.1 Å². The van der Waals surface area contributed by atoms with Crippen LogP contribution in [0.4, 0.5) is 0 Å². The molecule has 0 atom stereocenters. The van der Waals surface area contributed by atoms with Crippen molar-refractivity contribution in [3.05, 3.63) is 68.9 Å². The molecule has 0 bridgehead atoms. The largest absolute Gasteiger partial charge is 0.497 e. The normalized spacial score (nSPS) is 10.6. The molecule has 4 nitrogen and oxygen atoms in total. The summed E-state index contributed by atoms with van der Waals surface area (Å²) in [5.41, 5.74) is 1.54. The number of aromatic amines is 1. The zero-order valence-electron chi connectivity index (χ0n) is 11.9. The van der Waals surface area contributed by atoms with Gasteiger partial charge in [-0.05, 0) is 45.8 Å². The first-order valence-corrected chi connectivity index (χ1v) is 7.54. The van der Waals surface area contributed by atoms with Gasteiger partial charge in [0.25, 0.3) is 5.56 Å². The lowest BCUT2D eigenvalue weighted by Crippen LogP contribution is -2.09. The molecule has 112 valence electrons. The third-order valence-corrected chi connectivity index (χ3v) is 4.08. The predicted octanol–water partition coefficient (Wildman–Crippen LogP) is 3.88. The second-order valence-electron chi connectivity index (χ2n) is 4.78. The maximum absolute atomic E-state index is 11.9. The van der Waals surface area contributed by atoms with E-state index in [1.165, 1.54) is 0 Å². The van der Waals surface area contributed by atoms with Gasteiger partial charge in [0.05, 0.1) is 12.6 Å². The molecule has 0 unspecified atom stereocenters. The summed E-state index contributed by atoms with van der Waals surface area (Å²) in [5.74, 6) is 1.35. The van der Waals surface area contributed by atoms with Gasteiger partial charge in [0.15, 0.2) is 0 Å². The van der Waals surface area contributed by atoms with Crippen molar-refractivity contribution in [2.75, 3.05) is 7.11 Å². The number of H-pyrrole nitrogens is 1. The summed E-state index contributed by atoms with van der Waals surface area (Å²) in [4.78, 5) is 14.8. The number of nitrogens with one attached hydrogen (secondary N) is 1. The Morgan fingerprint density at radius 3 is 2.55 bits per heavy atom. The van der Waals surface area contributed by atoms with Gasteiger partial charge in [-0.15, -0.1) is 0 Å². The van der Waals surface area contributed by atoms with Gasteiger partial charge in [-0.2, -0.15) is 0 Å². The van der Waals surface area contributed by atoms with Crippen molar-refractivity contribution in [1.82, 2.24) is 4.98 Å². The van der Waals surface area contributed by atoms with Crippen molar-refractivity contribution >= 4 is 26.8 Å². The van der Waals surface area contributed by atoms with Crippen LogP contribution < -0.4 is 15.0 Å². The summed E-state index contributed by atoms with van der Waals surface area (Å²) >= 11 is 3.31. The van der Waals surface area contributed by atoms with E-state index >= 15 is 0 Å². The van der Waals surface area contributed by atoms with Crippen LogP contribution in [0.2, 0.25) is 0 Å². The summed E-state index contributed by atoms with van der Waals surface area (Å²) in [6.45, 7) is 0.371. The van der Waals surface area contributed by atoms with E-state index in [4.69, 9.17) is 9.47 Å². The Balaban J connectivity index is 1.92. The summed E-state index contributed by atoms with van der Waals surface area (Å²) in [6.07, 6.45) is 0. The summed E-state index contributed by atoms with van der Waals surface area (Å²) in [6, 6.07) is 15.2. The first-order valence-electron chi connectivity index (χ1n) is 6.75. The minimum atomic E-state index is -0.205. The Bertz CT molecular complexity index is 856. The van der Waals surface area contributed by atoms with E-state index in [0.29, 0.717) is 16.8 Å². The van der Waals surface area contributed by atoms with Crippen LogP contribution in [0.3, 0.4) is 0 Å². The molecule has 1 N–H and O–H groups in total. The molecule has 2 aromatic carbocycles. The van der Waals surface area contributed by atoms with E-state index in [1.54, 1.807) is 7.11 Å². The molecule has 1 aromatic heterocycles. The third kappa shape index (κ3) is 2.85. The van der Waals surface area contributed by atoms with Gasteiger partial charge in [0, 0.05) is 5.39 Å². The Kier molecular flexibility index (Phi) is 4.15. The van der Waals surface area contributed by atoms with Crippen molar-refractivity contribution in [3.8, 4) is 11.5 Å². The maximum Gasteiger partial charge on any atom is 0.266 e. The number of ether oxygens (including phenoxy) is 2. The molecular weight excluding hydrogens is 346 g/mol. The van der Waals surface area contributed by atoms with Gasteiger partial charge in [0.1, 0.15) is 22.6 Å². The molecule has 0 aliphatic carbocycles. The van der Waals surface area contributed by atoms with Gasteiger partial charge < -0.3 is 14.5 Å². The summed E-state index contributed by atoms with van der Waals surface area (Å²) in [7, 11) is 1.63. The van der Waals surface area contributed by atoms with Crippen LogP contribution in [0, 0.1) is 0 Å². The fourth-order valence-corrected chi connectivity index (χ4v) is 2.63. The standard InChI is InChI=1S/C17H14BrNO3/c1-21-12-8-6-11(7-9-12)10-22-16-13-4-2-3-5-14(13)19-17(20)15(16)18/h2-9H,10H2,1H3,(H,19,20). The fraction of sp³-hybridized carbons (Fsp3) is 0.118. The second kappa shape index (κ2) is 6.23. The summed E-state index contributed by atoms with van der Waals surface area (Å²) in [5, 5.41) is 0.863. The number of pyridine rings is 1. The molecule has 0 aliphatic heterocycles. The Labute approximate surface area is 135 Å². The highest BCUT2D eigenvalue weighted by molar-refractivity contribution is 9.10. The number of hydrogen-bond acceptors (Lipinski definition) is 3. The molecule has 0 radical (unpaired) electrons. The van der Waals surface area contributed by atoms with Crippen LogP contribution in [0.5, 0.6) is 11.5 Å². The van der Waals surface area contributed by atoms with E-state index < -0.39 is 0 Å². The van der Waals surface area contributed by atoms with E-state index in [-0.39, 0.29) is 5.56 Å². The topological polar surface area (TPSA) is 51.3 Å². The number of benzene rings is 2. The average Bonchev–Trinajstić information content (AvgIpc) is 2.56. The van der Waals surface area contributed by atoms with Crippen molar-refractivity contribution < 1.29 is 9.47 Å². The molecule has 0 saturated carbocycles. The zero-order valence-corrected chi connectivity index (χ0v) is 13.5. The molecule has 3 aromatic rings. The Hall–Kier alpha value is -2.27. The molecule has 0 spiro atoms. The molecule has 22 heavy (non-hydrogen) atoms. The van der Waals surface area contributed by atoms with Crippen LogP contribution in [-0.2, 0) is 6.61 Å². The van der Waals surface area contributed by atoms with Crippen LogP contribution >= 0.6 is 15.9 Å². The number of hydrogen-bond donors (Lipinski definition) is 1. The van der Waals surface area contributed by atoms with Gasteiger partial charge in [-0.25, -0.2) is 0 Å². The van der Waals surface area contributed by atoms with Crippen molar-refractivity contribution in [2.45, 2.75) is 6.61 Å². The van der Waals surface area contributed by atoms with E-state index in [0.717, 1.165) is 22.2 Å². The molecule has 0 aliphatic rings. The monoisotopic (exact) mass is 359 g/mol. The third-order valence-electron chi connectivity index (χ3n) is 3.36. The van der Waals surface area contributed by atoms with Crippen molar-refractivity contribution in [3.63, 3.8) is 0 Å². The minimum Gasteiger partial charge on any atom is -0.497 e. The van der Waals surface area contributed by atoms with Gasteiger partial charge in [-0.1, -0.05) is 24.3 Å². The van der Waals surface area contributed by atoms with Crippen molar-refractivity contribution in [1.29, 1.82) is 0 Å². The number of methoxy groups -OCH3 is 1. The second-order valence-corrected chi connectivity index (χ2v) is 5.57. The van der Waals surface area contributed by atoms with Gasteiger partial charge in [0.2, 0.25) is 0 Å². The van der Waals surface area contributed by atoms with Crippen LogP contribution in [0.25, 0.3) is 10.9 Å². The zero-order chi connectivity index (χ0) is 15.5. The molecule has 3 rings (SSSR count). The number of aromatic nitrogens is 1. The lowest BCUT2D eigenvalue weighted by molar-refractivity contribution is 0.307. The lowest BCUT2D eigenvalue weighted by Gasteiger charge is -2.11. The first-order chi connectivity index (χ1) is 10.7. The average molecular weight is 360 g/mol. The Morgan fingerprint density at radius 2 is 1.82 bits per heavy atom. The lowest BCUT2D eigenvalue weighted by atomic mass is 10.2. The molecular formula is C17H14BrNO3. The SMILES string of the molecule is COc1ccc(COc2c(Br)c(=O)[nH]c3ccccc23)cc1. The van der Waals surface area contributed by atoms with Crippen LogP contribution in [0.15, 0.2) is 57.8 Å². The highest BCUT2D eigenvalue weighted by Crippen LogP contribution is 2.30. The minimum absolute atomic E-state index is 0.205. The van der Waals surface area contributed by atoms with E-state index in [2.05, 4.69) is 20.9 Å². The number of fused-ring (bicyclic) bond motifs is 1. The molecule has 0 amide bonds. The van der Waals surface area contributed by atoms with Gasteiger partial charge >= 0.3 is 0 Å². The maximum atomic E-state index is 11.9. The molecule has 0 fully saturated rings. The quantitative estimate of drug-likeness (QED) is 0.768. The summed E-state index contributed by atoms with van der Waals surface area (Å²) < 4.78 is 11.4. The van der Waals surface area contributed by atoms with Crippen LogP contribution in [0.1, 0.15) is 5.56 Å². The smallest absolute Gasteiger partial charge is 0.266 e. The highest BCUT2D eigenvalue weighted by atomic mass is 79.9. The molecule has 1 heterocycles.